The maximum absolute atomic E-state index is 13.0. The normalized spacial score (nSPS) is 11.1. The standard InChI is InChI=1S/C27H23FN4O3S/c1-18-15-21(17-29-30-27(33)16-20-3-5-22(28)6-4-20)19(2)31(18)23-7-11-25(12-8-23)36-26-13-9-24(10-14-26)32(34)35/h3-15,17H,16H2,1-2H3,(H,30,33)/b29-17+. The molecular weight excluding hydrogens is 479 g/mol. The van der Waals surface area contributed by atoms with Crippen molar-refractivity contribution >= 4 is 29.6 Å². The second kappa shape index (κ2) is 11.0. The zero-order valence-electron chi connectivity index (χ0n) is 19.6. The first-order valence-corrected chi connectivity index (χ1v) is 11.9. The lowest BCUT2D eigenvalue weighted by Crippen LogP contribution is -2.19. The maximum Gasteiger partial charge on any atom is 0.269 e. The zero-order chi connectivity index (χ0) is 25.7. The van der Waals surface area contributed by atoms with Crippen LogP contribution in [-0.4, -0.2) is 21.6 Å². The monoisotopic (exact) mass is 502 g/mol. The Hall–Kier alpha value is -4.24. The quantitative estimate of drug-likeness (QED) is 0.182. The van der Waals surface area contributed by atoms with Gasteiger partial charge in [0.25, 0.3) is 5.69 Å². The summed E-state index contributed by atoms with van der Waals surface area (Å²) in [4.78, 5) is 24.5. The molecule has 0 spiro atoms. The van der Waals surface area contributed by atoms with Crippen molar-refractivity contribution in [3.05, 3.63) is 117 Å². The number of hydrogen-bond acceptors (Lipinski definition) is 5. The number of non-ortho nitro benzene ring substituents is 1. The van der Waals surface area contributed by atoms with Gasteiger partial charge in [-0.15, -0.1) is 0 Å². The van der Waals surface area contributed by atoms with Crippen molar-refractivity contribution in [3.8, 4) is 5.69 Å². The van der Waals surface area contributed by atoms with Crippen molar-refractivity contribution in [3.63, 3.8) is 0 Å². The third-order valence-electron chi connectivity index (χ3n) is 5.52. The molecule has 1 amide bonds. The number of aryl methyl sites for hydroxylation is 1. The molecule has 0 atom stereocenters. The molecule has 36 heavy (non-hydrogen) atoms. The van der Waals surface area contributed by atoms with Gasteiger partial charge in [0, 0.05) is 44.6 Å². The Morgan fingerprint density at radius 1 is 1.03 bits per heavy atom. The lowest BCUT2D eigenvalue weighted by Gasteiger charge is -2.10. The van der Waals surface area contributed by atoms with Crippen LogP contribution in [0.2, 0.25) is 0 Å². The lowest BCUT2D eigenvalue weighted by atomic mass is 10.1. The molecule has 4 aromatic rings. The molecule has 0 radical (unpaired) electrons. The Morgan fingerprint density at radius 3 is 2.25 bits per heavy atom. The van der Waals surface area contributed by atoms with Gasteiger partial charge in [-0.2, -0.15) is 5.10 Å². The summed E-state index contributed by atoms with van der Waals surface area (Å²) in [5.74, 6) is -0.627. The summed E-state index contributed by atoms with van der Waals surface area (Å²) in [5.41, 5.74) is 7.14. The first-order valence-electron chi connectivity index (χ1n) is 11.1. The molecule has 0 fully saturated rings. The van der Waals surface area contributed by atoms with Gasteiger partial charge in [0.2, 0.25) is 5.91 Å². The molecule has 0 aliphatic heterocycles. The number of carbonyl (C=O) groups excluding carboxylic acids is 1. The van der Waals surface area contributed by atoms with Gasteiger partial charge in [0.15, 0.2) is 0 Å². The molecule has 1 aromatic heterocycles. The molecule has 0 saturated carbocycles. The van der Waals surface area contributed by atoms with Gasteiger partial charge in [0.05, 0.1) is 17.6 Å². The predicted molar refractivity (Wildman–Crippen MR) is 138 cm³/mol. The maximum atomic E-state index is 13.0. The number of nitro benzene ring substituents is 1. The van der Waals surface area contributed by atoms with Gasteiger partial charge < -0.3 is 4.57 Å². The molecule has 0 bridgehead atoms. The number of benzene rings is 3. The average Bonchev–Trinajstić information content (AvgIpc) is 3.14. The van der Waals surface area contributed by atoms with E-state index >= 15 is 0 Å². The van der Waals surface area contributed by atoms with Crippen molar-refractivity contribution < 1.29 is 14.1 Å². The number of aromatic nitrogens is 1. The predicted octanol–water partition coefficient (Wildman–Crippen LogP) is 5.99. The first-order chi connectivity index (χ1) is 17.3. The Morgan fingerprint density at radius 2 is 1.64 bits per heavy atom. The molecule has 0 saturated heterocycles. The third kappa shape index (κ3) is 6.05. The first kappa shape index (κ1) is 24.9. The van der Waals surface area contributed by atoms with E-state index in [4.69, 9.17) is 0 Å². The summed E-state index contributed by atoms with van der Waals surface area (Å²) >= 11 is 1.53. The van der Waals surface area contributed by atoms with Crippen molar-refractivity contribution in [1.29, 1.82) is 0 Å². The van der Waals surface area contributed by atoms with E-state index < -0.39 is 4.92 Å². The number of amides is 1. The van der Waals surface area contributed by atoms with E-state index in [1.807, 2.05) is 44.2 Å². The fraction of sp³-hybridized carbons (Fsp3) is 0.111. The van der Waals surface area contributed by atoms with Gasteiger partial charge in [-0.05, 0) is 74.0 Å². The third-order valence-corrected chi connectivity index (χ3v) is 6.54. The molecule has 182 valence electrons. The minimum absolute atomic E-state index is 0.0695. The number of halogens is 1. The molecule has 7 nitrogen and oxygen atoms in total. The summed E-state index contributed by atoms with van der Waals surface area (Å²) in [7, 11) is 0. The van der Waals surface area contributed by atoms with Crippen molar-refractivity contribution in [2.24, 2.45) is 5.10 Å². The lowest BCUT2D eigenvalue weighted by molar-refractivity contribution is -0.384. The van der Waals surface area contributed by atoms with Crippen molar-refractivity contribution in [2.75, 3.05) is 0 Å². The number of carbonyl (C=O) groups is 1. The van der Waals surface area contributed by atoms with Crippen LogP contribution >= 0.6 is 11.8 Å². The Kier molecular flexibility index (Phi) is 7.60. The van der Waals surface area contributed by atoms with Crippen LogP contribution in [0.3, 0.4) is 0 Å². The van der Waals surface area contributed by atoms with Crippen LogP contribution in [-0.2, 0) is 11.2 Å². The number of hydrazone groups is 1. The highest BCUT2D eigenvalue weighted by atomic mass is 32.2. The highest BCUT2D eigenvalue weighted by Gasteiger charge is 2.11. The fourth-order valence-electron chi connectivity index (χ4n) is 3.75. The van der Waals surface area contributed by atoms with E-state index in [0.29, 0.717) is 5.56 Å². The van der Waals surface area contributed by atoms with E-state index in [1.165, 1.54) is 36.0 Å². The molecule has 0 aliphatic rings. The minimum Gasteiger partial charge on any atom is -0.318 e. The number of nitrogens with zero attached hydrogens (tertiary/aromatic N) is 3. The van der Waals surface area contributed by atoms with Crippen LogP contribution < -0.4 is 5.43 Å². The summed E-state index contributed by atoms with van der Waals surface area (Å²) in [6.07, 6.45) is 1.72. The number of nitro groups is 1. The highest BCUT2D eigenvalue weighted by Crippen LogP contribution is 2.30. The summed E-state index contributed by atoms with van der Waals surface area (Å²) < 4.78 is 15.1. The average molecular weight is 503 g/mol. The second-order valence-corrected chi connectivity index (χ2v) is 9.25. The van der Waals surface area contributed by atoms with E-state index in [1.54, 1.807) is 30.5 Å². The van der Waals surface area contributed by atoms with Gasteiger partial charge in [-0.3, -0.25) is 14.9 Å². The van der Waals surface area contributed by atoms with Crippen molar-refractivity contribution in [2.45, 2.75) is 30.1 Å². The molecule has 0 unspecified atom stereocenters. The number of nitrogens with one attached hydrogen (secondary N) is 1. The van der Waals surface area contributed by atoms with E-state index in [2.05, 4.69) is 15.1 Å². The summed E-state index contributed by atoms with van der Waals surface area (Å²) in [5, 5.41) is 14.9. The Balaban J connectivity index is 1.41. The molecular formula is C27H23FN4O3S. The highest BCUT2D eigenvalue weighted by molar-refractivity contribution is 7.99. The van der Waals surface area contributed by atoms with Crippen LogP contribution in [0.15, 0.2) is 93.8 Å². The smallest absolute Gasteiger partial charge is 0.269 e. The zero-order valence-corrected chi connectivity index (χ0v) is 20.5. The molecule has 1 N–H and O–H groups in total. The molecule has 0 aliphatic carbocycles. The van der Waals surface area contributed by atoms with Crippen LogP contribution in [0.4, 0.5) is 10.1 Å². The van der Waals surface area contributed by atoms with E-state index in [9.17, 15) is 19.3 Å². The molecule has 3 aromatic carbocycles. The topological polar surface area (TPSA) is 89.5 Å². The summed E-state index contributed by atoms with van der Waals surface area (Å²) in [6.45, 7) is 3.98. The fourth-order valence-corrected chi connectivity index (χ4v) is 4.57. The van der Waals surface area contributed by atoms with Crippen LogP contribution in [0.5, 0.6) is 0 Å². The van der Waals surface area contributed by atoms with Gasteiger partial charge in [-0.1, -0.05) is 23.9 Å². The van der Waals surface area contributed by atoms with E-state index in [0.717, 1.165) is 32.4 Å². The minimum atomic E-state index is -0.411. The number of rotatable bonds is 8. The van der Waals surface area contributed by atoms with Gasteiger partial charge in [0.1, 0.15) is 5.82 Å². The largest absolute Gasteiger partial charge is 0.318 e. The summed E-state index contributed by atoms with van der Waals surface area (Å²) in [6, 6.07) is 22.3. The van der Waals surface area contributed by atoms with Gasteiger partial charge in [-0.25, -0.2) is 9.82 Å². The van der Waals surface area contributed by atoms with Crippen LogP contribution in [0.25, 0.3) is 5.69 Å². The number of hydrogen-bond donors (Lipinski definition) is 1. The van der Waals surface area contributed by atoms with E-state index in [-0.39, 0.29) is 23.8 Å². The second-order valence-electron chi connectivity index (χ2n) is 8.11. The molecule has 1 heterocycles. The molecule has 4 rings (SSSR count). The Labute approximate surface area is 211 Å². The van der Waals surface area contributed by atoms with Gasteiger partial charge >= 0.3 is 0 Å². The molecule has 9 heteroatoms. The Bertz CT molecular complexity index is 1410. The SMILES string of the molecule is Cc1cc(/C=N/NC(=O)Cc2ccc(F)cc2)c(C)n1-c1ccc(Sc2ccc([N+](=O)[O-])cc2)cc1. The van der Waals surface area contributed by atoms with Crippen LogP contribution in [0, 0.1) is 29.8 Å². The van der Waals surface area contributed by atoms with Crippen LogP contribution in [0.1, 0.15) is 22.5 Å². The van der Waals surface area contributed by atoms with Crippen molar-refractivity contribution in [1.82, 2.24) is 9.99 Å².